The molecule has 0 bridgehead atoms. The molecule has 0 aliphatic rings. The Morgan fingerprint density at radius 3 is 2.18 bits per heavy atom. The molecule has 4 unspecified atom stereocenters. The number of hydrogen-bond donors (Lipinski definition) is 3. The Balaban J connectivity index is 2.16. The Morgan fingerprint density at radius 1 is 1.03 bits per heavy atom. The van der Waals surface area contributed by atoms with Gasteiger partial charge in [0.2, 0.25) is 13.3 Å². The van der Waals surface area contributed by atoms with Gasteiger partial charge >= 0.3 is 12.1 Å². The zero-order valence-corrected chi connectivity index (χ0v) is 20.4. The summed E-state index contributed by atoms with van der Waals surface area (Å²) in [6.45, 7) is 4.33. The molecule has 1 amide bonds. The molecule has 0 spiro atoms. The lowest BCUT2D eigenvalue weighted by atomic mass is 9.97. The van der Waals surface area contributed by atoms with Crippen LogP contribution in [0.4, 0.5) is 4.79 Å². The summed E-state index contributed by atoms with van der Waals surface area (Å²) in [7, 11) is -3.84. The van der Waals surface area contributed by atoms with Crippen LogP contribution in [0.1, 0.15) is 26.3 Å². The van der Waals surface area contributed by atoms with Crippen molar-refractivity contribution in [2.24, 2.45) is 11.7 Å². The molecule has 34 heavy (non-hydrogen) atoms. The fourth-order valence-electron chi connectivity index (χ4n) is 3.18. The molecule has 0 saturated carbocycles. The maximum atomic E-state index is 13.0. The van der Waals surface area contributed by atoms with Gasteiger partial charge in [-0.3, -0.25) is 9.36 Å². The van der Waals surface area contributed by atoms with Gasteiger partial charge in [-0.15, -0.1) is 0 Å². The van der Waals surface area contributed by atoms with Crippen molar-refractivity contribution in [2.45, 2.75) is 39.0 Å². The van der Waals surface area contributed by atoms with Gasteiger partial charge in [0.1, 0.15) is 6.04 Å². The Bertz CT molecular complexity index is 1030. The zero-order valence-electron chi connectivity index (χ0n) is 19.5. The summed E-state index contributed by atoms with van der Waals surface area (Å²) < 4.78 is 21.6. The largest absolute Gasteiger partial charge is 0.516 e. The third-order valence-corrected chi connectivity index (χ3v) is 7.43. The maximum absolute atomic E-state index is 13.0. The fourth-order valence-corrected chi connectivity index (χ4v) is 4.44. The van der Waals surface area contributed by atoms with Gasteiger partial charge in [-0.25, -0.2) is 9.59 Å². The molecule has 0 aliphatic heterocycles. The van der Waals surface area contributed by atoms with E-state index >= 15 is 0 Å². The SMILES string of the molecule is CCOC(=O)OC(=O)C(C)NC(=O)C(Cc1ccc(-c2ccccc2)cc1)CP(=O)(O)C(C)N. The monoisotopic (exact) mass is 490 g/mol. The van der Waals surface area contributed by atoms with Crippen LogP contribution in [-0.4, -0.2) is 47.5 Å². The number of esters is 1. The molecular weight excluding hydrogens is 459 g/mol. The first kappa shape index (κ1) is 27.2. The van der Waals surface area contributed by atoms with Crippen LogP contribution in [0.2, 0.25) is 0 Å². The Labute approximate surface area is 199 Å². The van der Waals surface area contributed by atoms with E-state index in [0.29, 0.717) is 0 Å². The standard InChI is InChI=1S/C24H31N2O7P/c1-4-32-24(29)33-23(28)16(2)26-22(27)21(15-34(30,31)17(3)25)14-18-10-12-20(13-11-18)19-8-6-5-7-9-19/h5-13,16-17,21H,4,14-15,25H2,1-3H3,(H,26,27)(H,30,31). The topological polar surface area (TPSA) is 145 Å². The van der Waals surface area contributed by atoms with Gasteiger partial charge in [0.15, 0.2) is 0 Å². The first-order valence-corrected chi connectivity index (χ1v) is 12.8. The van der Waals surface area contributed by atoms with Gasteiger partial charge in [0, 0.05) is 6.16 Å². The summed E-state index contributed by atoms with van der Waals surface area (Å²) in [5.74, 6) is -3.59. The molecular formula is C24H31N2O7P. The van der Waals surface area contributed by atoms with Crippen LogP contribution < -0.4 is 11.1 Å². The summed E-state index contributed by atoms with van der Waals surface area (Å²) in [5, 5.41) is 2.45. The first-order chi connectivity index (χ1) is 16.0. The summed E-state index contributed by atoms with van der Waals surface area (Å²) in [6, 6.07) is 16.1. The van der Waals surface area contributed by atoms with E-state index in [1.54, 1.807) is 6.92 Å². The summed E-state index contributed by atoms with van der Waals surface area (Å²) >= 11 is 0. The van der Waals surface area contributed by atoms with Crippen LogP contribution in [0.25, 0.3) is 11.1 Å². The second kappa shape index (κ2) is 12.5. The van der Waals surface area contributed by atoms with Gasteiger partial charge in [-0.2, -0.15) is 0 Å². The highest BCUT2D eigenvalue weighted by molar-refractivity contribution is 7.58. The van der Waals surface area contributed by atoms with E-state index in [-0.39, 0.29) is 19.2 Å². The molecule has 0 aromatic heterocycles. The van der Waals surface area contributed by atoms with E-state index in [9.17, 15) is 23.8 Å². The van der Waals surface area contributed by atoms with Crippen LogP contribution in [0.15, 0.2) is 54.6 Å². The molecule has 0 aliphatic carbocycles. The van der Waals surface area contributed by atoms with Crippen molar-refractivity contribution in [3.05, 3.63) is 60.2 Å². The number of carbonyl (C=O) groups is 3. The molecule has 4 N–H and O–H groups in total. The van der Waals surface area contributed by atoms with E-state index in [0.717, 1.165) is 16.7 Å². The van der Waals surface area contributed by atoms with Crippen LogP contribution in [0.3, 0.4) is 0 Å². The normalized spacial score (nSPS) is 15.3. The lowest BCUT2D eigenvalue weighted by Gasteiger charge is -2.23. The van der Waals surface area contributed by atoms with Crippen LogP contribution in [0, 0.1) is 5.92 Å². The number of rotatable bonds is 10. The average Bonchev–Trinajstić information content (AvgIpc) is 2.79. The third kappa shape index (κ3) is 8.09. The molecule has 2 aromatic rings. The molecule has 0 fully saturated rings. The number of amides is 1. The number of ether oxygens (including phenoxy) is 2. The van der Waals surface area contributed by atoms with Gasteiger partial charge in [-0.1, -0.05) is 54.6 Å². The molecule has 9 nitrogen and oxygen atoms in total. The van der Waals surface area contributed by atoms with E-state index in [2.05, 4.69) is 14.8 Å². The number of hydrogen-bond acceptors (Lipinski definition) is 7. The minimum absolute atomic E-state index is 0.0288. The van der Waals surface area contributed by atoms with Gasteiger partial charge in [0.05, 0.1) is 18.3 Å². The smallest absolute Gasteiger partial charge is 0.434 e. The van der Waals surface area contributed by atoms with Crippen LogP contribution >= 0.6 is 7.37 Å². The highest BCUT2D eigenvalue weighted by Gasteiger charge is 2.33. The molecule has 0 heterocycles. The molecule has 10 heteroatoms. The van der Waals surface area contributed by atoms with Crippen molar-refractivity contribution in [2.75, 3.05) is 12.8 Å². The molecule has 184 valence electrons. The first-order valence-electron chi connectivity index (χ1n) is 10.9. The van der Waals surface area contributed by atoms with Gasteiger partial charge < -0.3 is 25.4 Å². The van der Waals surface area contributed by atoms with E-state index in [4.69, 9.17) is 5.73 Å². The van der Waals surface area contributed by atoms with Crippen molar-refractivity contribution in [1.82, 2.24) is 5.32 Å². The predicted molar refractivity (Wildman–Crippen MR) is 128 cm³/mol. The summed E-state index contributed by atoms with van der Waals surface area (Å²) in [5.41, 5.74) is 8.45. The Hall–Kier alpha value is -3.00. The van der Waals surface area contributed by atoms with Crippen molar-refractivity contribution < 1.29 is 33.3 Å². The van der Waals surface area contributed by atoms with Crippen molar-refractivity contribution >= 4 is 25.4 Å². The van der Waals surface area contributed by atoms with Crippen molar-refractivity contribution in [3.63, 3.8) is 0 Å². The van der Waals surface area contributed by atoms with Gasteiger partial charge in [0.25, 0.3) is 0 Å². The van der Waals surface area contributed by atoms with Crippen molar-refractivity contribution in [3.8, 4) is 11.1 Å². The number of nitrogens with one attached hydrogen (secondary N) is 1. The quantitative estimate of drug-likeness (QED) is 0.261. The van der Waals surface area contributed by atoms with Crippen molar-refractivity contribution in [1.29, 1.82) is 0 Å². The fraction of sp³-hybridized carbons (Fsp3) is 0.375. The minimum Gasteiger partial charge on any atom is -0.434 e. The van der Waals surface area contributed by atoms with Crippen LogP contribution in [-0.2, 0) is 30.0 Å². The molecule has 0 radical (unpaired) electrons. The maximum Gasteiger partial charge on any atom is 0.516 e. The average molecular weight is 490 g/mol. The highest BCUT2D eigenvalue weighted by atomic mass is 31.2. The van der Waals surface area contributed by atoms with Gasteiger partial charge in [-0.05, 0) is 43.9 Å². The molecule has 0 saturated heterocycles. The third-order valence-electron chi connectivity index (χ3n) is 5.19. The Morgan fingerprint density at radius 2 is 1.62 bits per heavy atom. The number of nitrogens with two attached hydrogens (primary N) is 1. The number of carbonyl (C=O) groups excluding carboxylic acids is 3. The lowest BCUT2D eigenvalue weighted by molar-refractivity contribution is -0.144. The van der Waals surface area contributed by atoms with E-state index < -0.39 is 43.1 Å². The Kier molecular flexibility index (Phi) is 9.98. The predicted octanol–water partition coefficient (Wildman–Crippen LogP) is 3.29. The highest BCUT2D eigenvalue weighted by Crippen LogP contribution is 2.46. The van der Waals surface area contributed by atoms with E-state index in [1.165, 1.54) is 13.8 Å². The van der Waals surface area contributed by atoms with Crippen LogP contribution in [0.5, 0.6) is 0 Å². The molecule has 4 atom stereocenters. The molecule has 2 rings (SSSR count). The minimum atomic E-state index is -3.84. The second-order valence-electron chi connectivity index (χ2n) is 7.98. The number of benzene rings is 2. The lowest BCUT2D eigenvalue weighted by Crippen LogP contribution is -2.44. The second-order valence-corrected chi connectivity index (χ2v) is 10.7. The zero-order chi connectivity index (χ0) is 25.3. The summed E-state index contributed by atoms with van der Waals surface area (Å²) in [4.78, 5) is 46.7. The summed E-state index contributed by atoms with van der Waals surface area (Å²) in [6.07, 6.45) is -1.38. The molecule has 2 aromatic carbocycles. The van der Waals surface area contributed by atoms with E-state index in [1.807, 2.05) is 54.6 Å².